The molecule has 0 aliphatic heterocycles. The molecule has 0 aromatic heterocycles. The molecule has 0 spiro atoms. The van der Waals surface area contributed by atoms with Crippen LogP contribution >= 0.6 is 11.6 Å². The molecule has 0 saturated heterocycles. The summed E-state index contributed by atoms with van der Waals surface area (Å²) >= 11 is 5.89. The zero-order chi connectivity index (χ0) is 11.6. The predicted molar refractivity (Wildman–Crippen MR) is 66.9 cm³/mol. The van der Waals surface area contributed by atoms with Crippen LogP contribution in [0.25, 0.3) is 0 Å². The van der Waals surface area contributed by atoms with Gasteiger partial charge < -0.3 is 0 Å². The van der Waals surface area contributed by atoms with Gasteiger partial charge >= 0.3 is 0 Å². The van der Waals surface area contributed by atoms with E-state index in [1.165, 1.54) is 6.42 Å². The van der Waals surface area contributed by atoms with E-state index in [0.29, 0.717) is 5.78 Å². The number of Topliss-reactive ketones (excluding diaryl/α,β-unsaturated/α-hetero) is 1. The SMILES string of the molecule is CC(=O)C1(c2ccc(Cl)cc2)CCCCC1. The first-order valence-electron chi connectivity index (χ1n) is 5.92. The topological polar surface area (TPSA) is 17.1 Å². The highest BCUT2D eigenvalue weighted by Crippen LogP contribution is 2.40. The normalized spacial score (nSPS) is 19.4. The third kappa shape index (κ3) is 2.01. The van der Waals surface area contributed by atoms with Crippen molar-refractivity contribution < 1.29 is 4.79 Å². The summed E-state index contributed by atoms with van der Waals surface area (Å²) in [6.07, 6.45) is 5.54. The van der Waals surface area contributed by atoms with Gasteiger partial charge in [0.15, 0.2) is 0 Å². The highest BCUT2D eigenvalue weighted by molar-refractivity contribution is 6.30. The Balaban J connectivity index is 2.38. The van der Waals surface area contributed by atoms with E-state index < -0.39 is 0 Å². The van der Waals surface area contributed by atoms with Crippen molar-refractivity contribution in [1.29, 1.82) is 0 Å². The minimum Gasteiger partial charge on any atom is -0.299 e. The quantitative estimate of drug-likeness (QED) is 0.755. The van der Waals surface area contributed by atoms with Gasteiger partial charge in [-0.1, -0.05) is 43.0 Å². The van der Waals surface area contributed by atoms with Crippen LogP contribution in [-0.4, -0.2) is 5.78 Å². The molecule has 0 bridgehead atoms. The minimum atomic E-state index is -0.233. The number of halogens is 1. The highest BCUT2D eigenvalue weighted by Gasteiger charge is 2.38. The summed E-state index contributed by atoms with van der Waals surface area (Å²) in [5.41, 5.74) is 0.909. The minimum absolute atomic E-state index is 0.233. The molecule has 0 radical (unpaired) electrons. The lowest BCUT2D eigenvalue weighted by Crippen LogP contribution is -2.36. The Bertz CT molecular complexity index is 374. The summed E-state index contributed by atoms with van der Waals surface area (Å²) in [7, 11) is 0. The van der Waals surface area contributed by atoms with Crippen LogP contribution in [0.5, 0.6) is 0 Å². The number of hydrogen-bond acceptors (Lipinski definition) is 1. The van der Waals surface area contributed by atoms with E-state index in [1.807, 2.05) is 24.3 Å². The van der Waals surface area contributed by atoms with Crippen LogP contribution in [-0.2, 0) is 10.2 Å². The van der Waals surface area contributed by atoms with Crippen molar-refractivity contribution in [3.63, 3.8) is 0 Å². The summed E-state index contributed by atoms with van der Waals surface area (Å²) < 4.78 is 0. The van der Waals surface area contributed by atoms with E-state index in [9.17, 15) is 4.79 Å². The van der Waals surface area contributed by atoms with Gasteiger partial charge in [-0.3, -0.25) is 4.79 Å². The number of ketones is 1. The van der Waals surface area contributed by atoms with E-state index >= 15 is 0 Å². The van der Waals surface area contributed by atoms with Crippen LogP contribution in [0.1, 0.15) is 44.6 Å². The molecule has 1 saturated carbocycles. The molecule has 1 aromatic carbocycles. The van der Waals surface area contributed by atoms with E-state index in [1.54, 1.807) is 6.92 Å². The molecule has 0 amide bonds. The molecule has 1 aliphatic rings. The fourth-order valence-corrected chi connectivity index (χ4v) is 2.89. The van der Waals surface area contributed by atoms with Gasteiger partial charge in [0.05, 0.1) is 5.41 Å². The van der Waals surface area contributed by atoms with Crippen molar-refractivity contribution in [3.05, 3.63) is 34.9 Å². The second-order valence-corrected chi connectivity index (χ2v) is 5.14. The van der Waals surface area contributed by atoms with Gasteiger partial charge in [-0.2, -0.15) is 0 Å². The molecule has 1 fully saturated rings. The second kappa shape index (κ2) is 4.58. The highest BCUT2D eigenvalue weighted by atomic mass is 35.5. The smallest absolute Gasteiger partial charge is 0.140 e. The molecular weight excluding hydrogens is 220 g/mol. The number of benzene rings is 1. The average molecular weight is 237 g/mol. The van der Waals surface area contributed by atoms with Crippen LogP contribution in [0, 0.1) is 0 Å². The summed E-state index contributed by atoms with van der Waals surface area (Å²) in [5.74, 6) is 0.300. The van der Waals surface area contributed by atoms with Crippen LogP contribution in [0.3, 0.4) is 0 Å². The van der Waals surface area contributed by atoms with Crippen LogP contribution in [0.15, 0.2) is 24.3 Å². The van der Waals surface area contributed by atoms with E-state index in [-0.39, 0.29) is 5.41 Å². The third-order valence-corrected chi connectivity index (χ3v) is 4.03. The van der Waals surface area contributed by atoms with Crippen LogP contribution in [0.2, 0.25) is 5.02 Å². The fraction of sp³-hybridized carbons (Fsp3) is 0.500. The second-order valence-electron chi connectivity index (χ2n) is 4.71. The average Bonchev–Trinajstić information content (AvgIpc) is 2.30. The molecule has 0 atom stereocenters. The van der Waals surface area contributed by atoms with E-state index in [4.69, 9.17) is 11.6 Å². The lowest BCUT2D eigenvalue weighted by Gasteiger charge is -2.35. The molecule has 2 rings (SSSR count). The maximum Gasteiger partial charge on any atom is 0.140 e. The molecule has 86 valence electrons. The molecule has 0 unspecified atom stereocenters. The van der Waals surface area contributed by atoms with Crippen molar-refractivity contribution >= 4 is 17.4 Å². The standard InChI is InChI=1S/C14H17ClO/c1-11(16)14(9-3-2-4-10-14)12-5-7-13(15)8-6-12/h5-8H,2-4,9-10H2,1H3. The van der Waals surface area contributed by atoms with E-state index in [0.717, 1.165) is 36.3 Å². The number of hydrogen-bond donors (Lipinski definition) is 0. The van der Waals surface area contributed by atoms with E-state index in [2.05, 4.69) is 0 Å². The summed E-state index contributed by atoms with van der Waals surface area (Å²) in [6, 6.07) is 7.79. The molecule has 16 heavy (non-hydrogen) atoms. The van der Waals surface area contributed by atoms with Crippen molar-refractivity contribution in [3.8, 4) is 0 Å². The first-order valence-corrected chi connectivity index (χ1v) is 6.30. The Morgan fingerprint density at radius 1 is 1.12 bits per heavy atom. The van der Waals surface area contributed by atoms with Crippen molar-refractivity contribution in [2.45, 2.75) is 44.4 Å². The van der Waals surface area contributed by atoms with Gasteiger partial charge in [-0.15, -0.1) is 0 Å². The zero-order valence-corrected chi connectivity index (χ0v) is 10.4. The lowest BCUT2D eigenvalue weighted by atomic mass is 9.67. The van der Waals surface area contributed by atoms with Gasteiger partial charge in [0, 0.05) is 5.02 Å². The largest absolute Gasteiger partial charge is 0.299 e. The summed E-state index contributed by atoms with van der Waals surface area (Å²) in [6.45, 7) is 1.72. The third-order valence-electron chi connectivity index (χ3n) is 3.78. The first-order chi connectivity index (χ1) is 7.65. The van der Waals surface area contributed by atoms with Crippen molar-refractivity contribution in [1.82, 2.24) is 0 Å². The van der Waals surface area contributed by atoms with Crippen molar-refractivity contribution in [2.75, 3.05) is 0 Å². The van der Waals surface area contributed by atoms with Gasteiger partial charge in [-0.05, 0) is 37.5 Å². The zero-order valence-electron chi connectivity index (χ0n) is 9.63. The number of rotatable bonds is 2. The van der Waals surface area contributed by atoms with Gasteiger partial charge in [0.25, 0.3) is 0 Å². The molecule has 2 heteroatoms. The molecule has 1 aliphatic carbocycles. The Labute approximate surface area is 102 Å². The molecule has 1 aromatic rings. The Morgan fingerprint density at radius 2 is 1.69 bits per heavy atom. The fourth-order valence-electron chi connectivity index (χ4n) is 2.77. The molecular formula is C14H17ClO. The maximum absolute atomic E-state index is 12.0. The van der Waals surface area contributed by atoms with Gasteiger partial charge in [-0.25, -0.2) is 0 Å². The lowest BCUT2D eigenvalue weighted by molar-refractivity contribution is -0.123. The molecule has 0 heterocycles. The van der Waals surface area contributed by atoms with Crippen LogP contribution in [0.4, 0.5) is 0 Å². The Kier molecular flexibility index (Phi) is 3.34. The summed E-state index contributed by atoms with van der Waals surface area (Å²) in [5, 5.41) is 0.735. The first kappa shape index (κ1) is 11.7. The Morgan fingerprint density at radius 3 is 2.19 bits per heavy atom. The number of carbonyl (C=O) groups excluding carboxylic acids is 1. The van der Waals surface area contributed by atoms with Crippen LogP contribution < -0.4 is 0 Å². The Hall–Kier alpha value is -0.820. The van der Waals surface area contributed by atoms with Crippen molar-refractivity contribution in [2.24, 2.45) is 0 Å². The monoisotopic (exact) mass is 236 g/mol. The van der Waals surface area contributed by atoms with Gasteiger partial charge in [0.1, 0.15) is 5.78 Å². The van der Waals surface area contributed by atoms with Gasteiger partial charge in [0.2, 0.25) is 0 Å². The predicted octanol–water partition coefficient (Wildman–Crippen LogP) is 4.13. The summed E-state index contributed by atoms with van der Waals surface area (Å²) in [4.78, 5) is 12.0. The number of carbonyl (C=O) groups is 1. The molecule has 1 nitrogen and oxygen atoms in total. The molecule has 0 N–H and O–H groups in total. The maximum atomic E-state index is 12.0.